The molecule has 0 saturated carbocycles. The van der Waals surface area contributed by atoms with Crippen molar-refractivity contribution in [1.29, 1.82) is 0 Å². The Labute approximate surface area is 106 Å². The number of nitrogens with zero attached hydrogens (tertiary/aromatic N) is 2. The van der Waals surface area contributed by atoms with Crippen LogP contribution in [0.4, 0.5) is 0 Å². The zero-order chi connectivity index (χ0) is 12.8. The SMILES string of the molecule is C[n+]1ccccc1COc1ccc(C=NO)cc1. The fraction of sp³-hybridized carbons (Fsp3) is 0.143. The predicted molar refractivity (Wildman–Crippen MR) is 67.8 cm³/mol. The highest BCUT2D eigenvalue weighted by Gasteiger charge is 2.05. The molecule has 92 valence electrons. The molecule has 0 amide bonds. The van der Waals surface area contributed by atoms with Gasteiger partial charge in [0.05, 0.1) is 6.21 Å². The monoisotopic (exact) mass is 243 g/mol. The number of hydrogen-bond acceptors (Lipinski definition) is 3. The quantitative estimate of drug-likeness (QED) is 0.386. The summed E-state index contributed by atoms with van der Waals surface area (Å²) in [7, 11) is 1.99. The largest absolute Gasteiger partial charge is 0.483 e. The minimum atomic E-state index is 0.519. The lowest BCUT2D eigenvalue weighted by Crippen LogP contribution is -2.33. The molecule has 0 radical (unpaired) electrons. The summed E-state index contributed by atoms with van der Waals surface area (Å²) in [5.74, 6) is 0.786. The molecule has 18 heavy (non-hydrogen) atoms. The van der Waals surface area contributed by atoms with Crippen molar-refractivity contribution < 1.29 is 14.5 Å². The first-order chi connectivity index (χ1) is 8.79. The lowest BCUT2D eigenvalue weighted by molar-refractivity contribution is -0.680. The molecule has 0 bridgehead atoms. The molecule has 1 heterocycles. The van der Waals surface area contributed by atoms with E-state index in [0.29, 0.717) is 6.61 Å². The molecule has 2 aromatic rings. The Hall–Kier alpha value is -2.36. The van der Waals surface area contributed by atoms with Gasteiger partial charge < -0.3 is 9.94 Å². The molecule has 0 aliphatic rings. The number of hydrogen-bond donors (Lipinski definition) is 1. The van der Waals surface area contributed by atoms with Crippen molar-refractivity contribution in [3.63, 3.8) is 0 Å². The van der Waals surface area contributed by atoms with E-state index in [1.54, 1.807) is 0 Å². The Morgan fingerprint density at radius 2 is 2.00 bits per heavy atom. The summed E-state index contributed by atoms with van der Waals surface area (Å²) < 4.78 is 7.70. The molecule has 0 fully saturated rings. The van der Waals surface area contributed by atoms with Gasteiger partial charge in [0.1, 0.15) is 12.8 Å². The van der Waals surface area contributed by atoms with E-state index in [1.807, 2.05) is 60.3 Å². The standard InChI is InChI=1S/C14H14N2O2/c1-16-9-3-2-4-13(16)11-18-14-7-5-12(6-8-14)10-15-17/h2-10H,11H2,1H3/p+1. The molecule has 1 aromatic carbocycles. The van der Waals surface area contributed by atoms with Gasteiger partial charge in [-0.3, -0.25) is 0 Å². The summed E-state index contributed by atoms with van der Waals surface area (Å²) in [4.78, 5) is 0. The van der Waals surface area contributed by atoms with Crippen LogP contribution in [0.1, 0.15) is 11.3 Å². The number of aromatic nitrogens is 1. The molecular weight excluding hydrogens is 228 g/mol. The fourth-order valence-electron chi connectivity index (χ4n) is 1.58. The third-order valence-corrected chi connectivity index (χ3v) is 2.64. The van der Waals surface area contributed by atoms with Crippen molar-refractivity contribution in [2.75, 3.05) is 0 Å². The Bertz CT molecular complexity index is 536. The van der Waals surface area contributed by atoms with Crippen LogP contribution in [0.25, 0.3) is 0 Å². The van der Waals surface area contributed by atoms with Crippen LogP contribution in [0.3, 0.4) is 0 Å². The molecule has 1 N–H and O–H groups in total. The molecule has 0 unspecified atom stereocenters. The molecule has 0 atom stereocenters. The smallest absolute Gasteiger partial charge is 0.219 e. The van der Waals surface area contributed by atoms with Crippen molar-refractivity contribution in [3.05, 3.63) is 59.9 Å². The van der Waals surface area contributed by atoms with E-state index >= 15 is 0 Å². The third-order valence-electron chi connectivity index (χ3n) is 2.64. The fourth-order valence-corrected chi connectivity index (χ4v) is 1.58. The Morgan fingerprint density at radius 3 is 2.67 bits per heavy atom. The molecule has 4 heteroatoms. The van der Waals surface area contributed by atoms with E-state index < -0.39 is 0 Å². The van der Waals surface area contributed by atoms with Crippen LogP contribution < -0.4 is 9.30 Å². The molecule has 2 rings (SSSR count). The molecule has 0 aliphatic heterocycles. The molecule has 0 spiro atoms. The number of oxime groups is 1. The summed E-state index contributed by atoms with van der Waals surface area (Å²) in [6, 6.07) is 13.3. The van der Waals surface area contributed by atoms with Gasteiger partial charge in [-0.05, 0) is 35.9 Å². The first kappa shape index (κ1) is 12.1. The first-order valence-corrected chi connectivity index (χ1v) is 5.63. The maximum Gasteiger partial charge on any atom is 0.219 e. The van der Waals surface area contributed by atoms with Gasteiger partial charge in [0.2, 0.25) is 5.69 Å². The van der Waals surface area contributed by atoms with Crippen molar-refractivity contribution in [1.82, 2.24) is 0 Å². The summed E-state index contributed by atoms with van der Waals surface area (Å²) in [6.07, 6.45) is 3.36. The van der Waals surface area contributed by atoms with Gasteiger partial charge >= 0.3 is 0 Å². The van der Waals surface area contributed by atoms with Crippen molar-refractivity contribution in [2.45, 2.75) is 6.61 Å². The average molecular weight is 243 g/mol. The summed E-state index contributed by atoms with van der Waals surface area (Å²) in [6.45, 7) is 0.519. The third kappa shape index (κ3) is 3.07. The van der Waals surface area contributed by atoms with Crippen LogP contribution in [0.2, 0.25) is 0 Å². The highest BCUT2D eigenvalue weighted by molar-refractivity contribution is 5.79. The molecule has 4 nitrogen and oxygen atoms in total. The van der Waals surface area contributed by atoms with Crippen LogP contribution >= 0.6 is 0 Å². The number of benzene rings is 1. The van der Waals surface area contributed by atoms with Gasteiger partial charge in [0.25, 0.3) is 0 Å². The Kier molecular flexibility index (Phi) is 3.91. The summed E-state index contributed by atoms with van der Waals surface area (Å²) >= 11 is 0. The lowest BCUT2D eigenvalue weighted by Gasteiger charge is -2.04. The van der Waals surface area contributed by atoms with Gasteiger partial charge in [-0.1, -0.05) is 5.16 Å². The second kappa shape index (κ2) is 5.82. The maximum absolute atomic E-state index is 8.41. The van der Waals surface area contributed by atoms with Crippen molar-refractivity contribution >= 4 is 6.21 Å². The van der Waals surface area contributed by atoms with E-state index in [1.165, 1.54) is 6.21 Å². The normalized spacial score (nSPS) is 10.7. The predicted octanol–water partition coefficient (Wildman–Crippen LogP) is 1.90. The van der Waals surface area contributed by atoms with Crippen molar-refractivity contribution in [2.24, 2.45) is 12.2 Å². The number of ether oxygens (including phenoxy) is 1. The zero-order valence-electron chi connectivity index (χ0n) is 10.2. The summed E-state index contributed by atoms with van der Waals surface area (Å²) in [5, 5.41) is 11.4. The van der Waals surface area contributed by atoms with Gasteiger partial charge in [-0.2, -0.15) is 0 Å². The Balaban J connectivity index is 2.00. The maximum atomic E-state index is 8.41. The van der Waals surface area contributed by atoms with Crippen LogP contribution in [0, 0.1) is 0 Å². The average Bonchev–Trinajstić information content (AvgIpc) is 2.40. The van der Waals surface area contributed by atoms with E-state index in [9.17, 15) is 0 Å². The minimum Gasteiger partial charge on any atom is -0.483 e. The second-order valence-electron chi connectivity index (χ2n) is 3.91. The molecule has 1 aromatic heterocycles. The molecule has 0 saturated heterocycles. The van der Waals surface area contributed by atoms with Gasteiger partial charge in [-0.25, -0.2) is 4.57 Å². The van der Waals surface area contributed by atoms with E-state index in [-0.39, 0.29) is 0 Å². The van der Waals surface area contributed by atoms with E-state index in [4.69, 9.17) is 9.94 Å². The number of aryl methyl sites for hydroxylation is 1. The number of rotatable bonds is 4. The summed E-state index contributed by atoms with van der Waals surface area (Å²) in [5.41, 5.74) is 1.92. The van der Waals surface area contributed by atoms with Gasteiger partial charge in [0.15, 0.2) is 12.8 Å². The van der Waals surface area contributed by atoms with Gasteiger partial charge in [0, 0.05) is 12.1 Å². The zero-order valence-corrected chi connectivity index (χ0v) is 10.2. The molecular formula is C14H15N2O2+. The molecule has 0 aliphatic carbocycles. The van der Waals surface area contributed by atoms with Crippen LogP contribution in [0.5, 0.6) is 5.75 Å². The van der Waals surface area contributed by atoms with Crippen LogP contribution in [-0.4, -0.2) is 11.4 Å². The van der Waals surface area contributed by atoms with Crippen LogP contribution in [0.15, 0.2) is 53.8 Å². The first-order valence-electron chi connectivity index (χ1n) is 5.63. The van der Waals surface area contributed by atoms with E-state index in [2.05, 4.69) is 5.16 Å². The number of pyridine rings is 1. The van der Waals surface area contributed by atoms with Gasteiger partial charge in [-0.15, -0.1) is 0 Å². The Morgan fingerprint density at radius 1 is 1.22 bits per heavy atom. The minimum absolute atomic E-state index is 0.519. The van der Waals surface area contributed by atoms with Crippen molar-refractivity contribution in [3.8, 4) is 5.75 Å². The highest BCUT2D eigenvalue weighted by atomic mass is 16.5. The van der Waals surface area contributed by atoms with E-state index in [0.717, 1.165) is 17.0 Å². The van der Waals surface area contributed by atoms with Crippen LogP contribution in [-0.2, 0) is 13.7 Å². The lowest BCUT2D eigenvalue weighted by atomic mass is 10.2. The topological polar surface area (TPSA) is 45.7 Å². The second-order valence-corrected chi connectivity index (χ2v) is 3.91. The highest BCUT2D eigenvalue weighted by Crippen LogP contribution is 2.12.